The average molecular weight is 625 g/mol. The number of rotatable bonds is 6. The molecule has 0 saturated carbocycles. The maximum absolute atomic E-state index is 13.5. The van der Waals surface area contributed by atoms with Crippen LogP contribution in [0.3, 0.4) is 0 Å². The molecule has 2 aromatic carbocycles. The smallest absolute Gasteiger partial charge is 0.301 e. The van der Waals surface area contributed by atoms with E-state index < -0.39 is 17.7 Å². The number of carbonyl (C=O) groups excluding carboxylic acids is 2. The minimum Gasteiger partial charge on any atom is -0.508 e. The summed E-state index contributed by atoms with van der Waals surface area (Å²) in [5, 5.41) is 31.5. The van der Waals surface area contributed by atoms with Crippen molar-refractivity contribution < 1.29 is 19.8 Å². The Bertz CT molecular complexity index is 1890. The number of phenols is 1. The number of imidazole rings is 1. The molecule has 1 atom stereocenters. The van der Waals surface area contributed by atoms with Gasteiger partial charge in [-0.1, -0.05) is 70.6 Å². The predicted octanol–water partition coefficient (Wildman–Crippen LogP) is 6.43. The van der Waals surface area contributed by atoms with Gasteiger partial charge in [-0.05, 0) is 54.4 Å². The van der Waals surface area contributed by atoms with E-state index in [1.807, 2.05) is 12.1 Å². The number of aliphatic hydroxyl groups excluding tert-OH is 1. The van der Waals surface area contributed by atoms with E-state index in [-0.39, 0.29) is 27.9 Å². The molecule has 5 aromatic rings. The van der Waals surface area contributed by atoms with E-state index in [4.69, 9.17) is 23.2 Å². The largest absolute Gasteiger partial charge is 0.508 e. The first-order chi connectivity index (χ1) is 19.7. The summed E-state index contributed by atoms with van der Waals surface area (Å²) in [7, 11) is 0. The number of pyridine rings is 1. The molecule has 1 amide bonds. The molecule has 4 heterocycles. The van der Waals surface area contributed by atoms with E-state index in [9.17, 15) is 19.8 Å². The van der Waals surface area contributed by atoms with Crippen LogP contribution < -0.4 is 4.90 Å². The van der Waals surface area contributed by atoms with E-state index in [1.165, 1.54) is 28.8 Å². The molecular weight excluding hydrogens is 605 g/mol. The molecule has 6 rings (SSSR count). The number of hydrogen-bond donors (Lipinski definition) is 2. The number of anilines is 1. The topological polar surface area (TPSA) is 121 Å². The number of fused-ring (bicyclic) bond motifs is 1. The Morgan fingerprint density at radius 1 is 1.07 bits per heavy atom. The lowest BCUT2D eigenvalue weighted by molar-refractivity contribution is -0.132. The Labute approximate surface area is 251 Å². The highest BCUT2D eigenvalue weighted by atomic mass is 35.5. The highest BCUT2D eigenvalue weighted by molar-refractivity contribution is 8.00. The second-order valence-corrected chi connectivity index (χ2v) is 12.1. The Morgan fingerprint density at radius 3 is 2.68 bits per heavy atom. The lowest BCUT2D eigenvalue weighted by atomic mass is 9.96. The van der Waals surface area contributed by atoms with Crippen molar-refractivity contribution >= 4 is 74.5 Å². The number of nitrogens with zero attached hydrogens (tertiary/aromatic N) is 5. The molecule has 1 unspecified atom stereocenters. The first-order valence-corrected chi connectivity index (χ1v) is 14.7. The number of amides is 1. The van der Waals surface area contributed by atoms with Gasteiger partial charge in [0, 0.05) is 22.0 Å². The maximum atomic E-state index is 13.5. The molecule has 1 aliphatic heterocycles. The van der Waals surface area contributed by atoms with E-state index in [0.29, 0.717) is 37.0 Å². The van der Waals surface area contributed by atoms with Gasteiger partial charge in [0.2, 0.25) is 5.13 Å². The van der Waals surface area contributed by atoms with E-state index in [1.54, 1.807) is 53.9 Å². The zero-order valence-corrected chi connectivity index (χ0v) is 24.3. The number of ketones is 1. The molecule has 1 fully saturated rings. The van der Waals surface area contributed by atoms with Crippen LogP contribution in [0.1, 0.15) is 28.6 Å². The van der Waals surface area contributed by atoms with Crippen LogP contribution in [-0.2, 0) is 15.3 Å². The lowest BCUT2D eigenvalue weighted by Crippen LogP contribution is -2.29. The molecule has 1 saturated heterocycles. The van der Waals surface area contributed by atoms with Crippen molar-refractivity contribution in [2.75, 3.05) is 4.90 Å². The number of phenolic OH excluding ortho intramolecular Hbond substituents is 1. The number of benzene rings is 2. The number of Topliss-reactive ketones (excluding diaryl/α,β-unsaturated/α-hetero) is 1. The third kappa shape index (κ3) is 4.95. The first kappa shape index (κ1) is 27.3. The highest BCUT2D eigenvalue weighted by Gasteiger charge is 2.49. The number of thioether (sulfide) groups is 1. The Balaban J connectivity index is 1.43. The first-order valence-electron chi connectivity index (χ1n) is 12.2. The molecule has 2 N–H and O–H groups in total. The van der Waals surface area contributed by atoms with Crippen LogP contribution in [0.4, 0.5) is 5.13 Å². The second kappa shape index (κ2) is 10.8. The number of aliphatic hydroxyl groups is 1. The van der Waals surface area contributed by atoms with Gasteiger partial charge in [-0.2, -0.15) is 0 Å². The molecular formula is C28H19Cl2N5O4S2. The van der Waals surface area contributed by atoms with Gasteiger partial charge in [-0.15, -0.1) is 10.2 Å². The fourth-order valence-corrected chi connectivity index (χ4v) is 7.13. The van der Waals surface area contributed by atoms with Crippen LogP contribution in [0.15, 0.2) is 76.8 Å². The summed E-state index contributed by atoms with van der Waals surface area (Å²) in [6.45, 7) is 1.71. The van der Waals surface area contributed by atoms with E-state index in [0.717, 1.165) is 16.9 Å². The summed E-state index contributed by atoms with van der Waals surface area (Å²) in [6, 6.07) is 15.7. The number of aryl methyl sites for hydroxylation is 1. The maximum Gasteiger partial charge on any atom is 0.301 e. The van der Waals surface area contributed by atoms with Crippen molar-refractivity contribution in [3.05, 3.63) is 105 Å². The average Bonchev–Trinajstić information content (AvgIpc) is 3.61. The van der Waals surface area contributed by atoms with Crippen molar-refractivity contribution in [2.24, 2.45) is 0 Å². The fraction of sp³-hybridized carbons (Fsp3) is 0.107. The van der Waals surface area contributed by atoms with Gasteiger partial charge in [0.05, 0.1) is 17.3 Å². The minimum atomic E-state index is -1.08. The minimum absolute atomic E-state index is 0.0626. The van der Waals surface area contributed by atoms with Gasteiger partial charge in [-0.3, -0.25) is 18.9 Å². The van der Waals surface area contributed by atoms with Crippen LogP contribution in [0.25, 0.3) is 11.4 Å². The number of carbonyl (C=O) groups is 2. The summed E-state index contributed by atoms with van der Waals surface area (Å²) in [5.74, 6) is -1.73. The zero-order valence-electron chi connectivity index (χ0n) is 21.2. The van der Waals surface area contributed by atoms with Gasteiger partial charge in [0.25, 0.3) is 5.78 Å². The van der Waals surface area contributed by atoms with Crippen LogP contribution in [0, 0.1) is 6.92 Å². The molecule has 13 heteroatoms. The Kier molecular flexibility index (Phi) is 7.20. The Hall–Kier alpha value is -3.90. The van der Waals surface area contributed by atoms with Crippen molar-refractivity contribution in [1.82, 2.24) is 19.6 Å². The summed E-state index contributed by atoms with van der Waals surface area (Å²) in [6.07, 6.45) is 1.71. The Morgan fingerprint density at radius 2 is 1.90 bits per heavy atom. The summed E-state index contributed by atoms with van der Waals surface area (Å²) in [5.41, 5.74) is 2.45. The molecule has 1 aliphatic rings. The van der Waals surface area contributed by atoms with Gasteiger partial charge >= 0.3 is 5.91 Å². The normalized spacial score (nSPS) is 16.7. The fourth-order valence-electron chi connectivity index (χ4n) is 4.70. The SMILES string of the molecule is Cc1nc2ccccn2c1C(O)=C1C(=O)C(=O)N(c2nnc(SCc3ccc(Cl)cc3Cl)s2)C1c1cccc(O)c1. The third-order valence-corrected chi connectivity index (χ3v) is 9.22. The number of aromatic hydroxyl groups is 1. The van der Waals surface area contributed by atoms with Gasteiger partial charge < -0.3 is 10.2 Å². The van der Waals surface area contributed by atoms with Gasteiger partial charge in [-0.25, -0.2) is 4.98 Å². The number of aromatic nitrogens is 4. The number of hydrogen-bond acceptors (Lipinski definition) is 9. The third-order valence-electron chi connectivity index (χ3n) is 6.53. The molecule has 0 spiro atoms. The molecule has 0 radical (unpaired) electrons. The monoisotopic (exact) mass is 623 g/mol. The molecule has 0 bridgehead atoms. The van der Waals surface area contributed by atoms with Crippen LogP contribution in [0.5, 0.6) is 5.75 Å². The summed E-state index contributed by atoms with van der Waals surface area (Å²) in [4.78, 5) is 32.8. The van der Waals surface area contributed by atoms with Crippen LogP contribution in [-0.4, -0.2) is 41.5 Å². The van der Waals surface area contributed by atoms with Gasteiger partial charge in [0.1, 0.15) is 17.1 Å². The summed E-state index contributed by atoms with van der Waals surface area (Å²) >= 11 is 14.8. The zero-order chi connectivity index (χ0) is 28.8. The van der Waals surface area contributed by atoms with Crippen LogP contribution in [0.2, 0.25) is 10.0 Å². The van der Waals surface area contributed by atoms with Crippen LogP contribution >= 0.6 is 46.3 Å². The van der Waals surface area contributed by atoms with Gasteiger partial charge in [0.15, 0.2) is 10.1 Å². The molecule has 0 aliphatic carbocycles. The summed E-state index contributed by atoms with van der Waals surface area (Å²) < 4.78 is 2.19. The highest BCUT2D eigenvalue weighted by Crippen LogP contribution is 2.45. The van der Waals surface area contributed by atoms with Crippen molar-refractivity contribution in [1.29, 1.82) is 0 Å². The van der Waals surface area contributed by atoms with Crippen molar-refractivity contribution in [3.63, 3.8) is 0 Å². The quantitative estimate of drug-likeness (QED) is 0.0730. The van der Waals surface area contributed by atoms with E-state index in [2.05, 4.69) is 15.2 Å². The lowest BCUT2D eigenvalue weighted by Gasteiger charge is -2.22. The van der Waals surface area contributed by atoms with Crippen molar-refractivity contribution in [3.8, 4) is 5.75 Å². The number of halogens is 2. The predicted molar refractivity (Wildman–Crippen MR) is 159 cm³/mol. The standard InChI is InChI=1S/C28H19Cl2N5O4S2/c1-14-22(34-10-3-2-7-20(34)31-14)24(37)21-23(15-5-4-6-18(36)11-15)35(26(39)25(21)38)27-32-33-28(41-27)40-13-16-8-9-17(29)12-19(16)30/h2-12,23,36-37H,13H2,1H3. The molecule has 9 nitrogen and oxygen atoms in total. The van der Waals surface area contributed by atoms with E-state index >= 15 is 0 Å². The second-order valence-electron chi connectivity index (χ2n) is 9.11. The van der Waals surface area contributed by atoms with Crippen molar-refractivity contribution in [2.45, 2.75) is 23.1 Å². The molecule has 3 aromatic heterocycles. The molecule has 206 valence electrons. The molecule has 41 heavy (non-hydrogen) atoms.